The van der Waals surface area contributed by atoms with Gasteiger partial charge < -0.3 is 10.6 Å². The third-order valence-electron chi connectivity index (χ3n) is 5.16. The quantitative estimate of drug-likeness (QED) is 0.179. The van der Waals surface area contributed by atoms with Crippen molar-refractivity contribution >= 4 is 70.0 Å². The van der Waals surface area contributed by atoms with Crippen LogP contribution in [0.3, 0.4) is 0 Å². The Morgan fingerprint density at radius 2 is 1.57 bits per heavy atom. The van der Waals surface area contributed by atoms with Crippen LogP contribution in [0.1, 0.15) is 31.2 Å². The van der Waals surface area contributed by atoms with Crippen molar-refractivity contribution in [1.29, 1.82) is 0 Å². The van der Waals surface area contributed by atoms with Gasteiger partial charge in [-0.1, -0.05) is 53.5 Å². The van der Waals surface area contributed by atoms with E-state index in [4.69, 9.17) is 23.2 Å². The van der Waals surface area contributed by atoms with Crippen LogP contribution in [0, 0.1) is 0 Å². The minimum Gasteiger partial charge on any atom is -0.321 e. The van der Waals surface area contributed by atoms with Crippen LogP contribution in [0.2, 0.25) is 10.0 Å². The van der Waals surface area contributed by atoms with E-state index < -0.39 is 11.8 Å². The zero-order chi connectivity index (χ0) is 26.2. The minimum atomic E-state index is -0.563. The van der Waals surface area contributed by atoms with Crippen molar-refractivity contribution in [2.75, 3.05) is 5.32 Å². The maximum absolute atomic E-state index is 13.2. The van der Waals surface area contributed by atoms with E-state index in [1.165, 1.54) is 12.2 Å². The molecule has 0 aliphatic carbocycles. The highest BCUT2D eigenvalue weighted by molar-refractivity contribution is 7.10. The highest BCUT2D eigenvalue weighted by atomic mass is 35.5. The summed E-state index contributed by atoms with van der Waals surface area (Å²) in [7, 11) is 0. The van der Waals surface area contributed by atoms with Crippen LogP contribution >= 0.6 is 34.5 Å². The van der Waals surface area contributed by atoms with E-state index in [0.29, 0.717) is 32.4 Å². The molecule has 0 aliphatic rings. The molecule has 0 atom stereocenters. The summed E-state index contributed by atoms with van der Waals surface area (Å²) >= 11 is 13.8. The third-order valence-corrected chi connectivity index (χ3v) is 6.56. The lowest BCUT2D eigenvalue weighted by Crippen LogP contribution is -2.30. The van der Waals surface area contributed by atoms with Crippen LogP contribution in [0.25, 0.3) is 12.2 Å². The fraction of sp³-hybridized carbons (Fsp3) is 0. The number of rotatable bonds is 8. The fourth-order valence-corrected chi connectivity index (χ4v) is 4.35. The van der Waals surface area contributed by atoms with E-state index in [1.54, 1.807) is 90.2 Å². The normalized spacial score (nSPS) is 11.4. The van der Waals surface area contributed by atoms with Gasteiger partial charge in [0.05, 0.1) is 0 Å². The summed E-state index contributed by atoms with van der Waals surface area (Å²) in [5.74, 6) is -1.17. The molecule has 1 aromatic heterocycles. The number of halogens is 2. The number of amides is 2. The molecule has 2 N–H and O–H groups in total. The number of allylic oxidation sites excluding steroid dienone is 1. The van der Waals surface area contributed by atoms with Crippen molar-refractivity contribution in [2.24, 2.45) is 0 Å². The summed E-state index contributed by atoms with van der Waals surface area (Å²) in [6.45, 7) is 0. The van der Waals surface area contributed by atoms with Crippen LogP contribution in [-0.4, -0.2) is 17.6 Å². The van der Waals surface area contributed by atoms with Crippen molar-refractivity contribution in [1.82, 2.24) is 5.32 Å². The summed E-state index contributed by atoms with van der Waals surface area (Å²) in [5.41, 5.74) is 1.81. The maximum Gasteiger partial charge on any atom is 0.272 e. The van der Waals surface area contributed by atoms with Crippen LogP contribution in [0.5, 0.6) is 0 Å². The number of carbonyl (C=O) groups excluding carboxylic acids is 3. The molecule has 4 aromatic rings. The predicted molar refractivity (Wildman–Crippen MR) is 151 cm³/mol. The standard InChI is InChI=1S/C29H20Cl2N2O3S/c30-22-11-8-21(25(31)18-22)17-26(33-28(35)20-5-2-1-3-6-20)29(36)32-23-12-9-19(10-13-23)27(34)15-14-24-7-4-16-37-24/h1-18H,(H,32,36)(H,33,35)/b15-14+,26-17-. The van der Waals surface area contributed by atoms with E-state index in [-0.39, 0.29) is 11.5 Å². The van der Waals surface area contributed by atoms with Crippen molar-refractivity contribution in [3.05, 3.63) is 134 Å². The zero-order valence-corrected chi connectivity index (χ0v) is 21.6. The summed E-state index contributed by atoms with van der Waals surface area (Å²) < 4.78 is 0. The second kappa shape index (κ2) is 12.3. The van der Waals surface area contributed by atoms with Crippen LogP contribution in [0.4, 0.5) is 5.69 Å². The number of thiophene rings is 1. The molecule has 0 saturated carbocycles. The van der Waals surface area contributed by atoms with Crippen molar-refractivity contribution in [3.8, 4) is 0 Å². The molecule has 1 heterocycles. The summed E-state index contributed by atoms with van der Waals surface area (Å²) in [6, 6.07) is 23.7. The lowest BCUT2D eigenvalue weighted by atomic mass is 10.1. The predicted octanol–water partition coefficient (Wildman–Crippen LogP) is 7.36. The van der Waals surface area contributed by atoms with Gasteiger partial charge in [-0.05, 0) is 83.8 Å². The van der Waals surface area contributed by atoms with E-state index in [0.717, 1.165) is 4.88 Å². The number of benzene rings is 3. The van der Waals surface area contributed by atoms with Gasteiger partial charge >= 0.3 is 0 Å². The second-order valence-corrected chi connectivity index (χ2v) is 9.61. The van der Waals surface area contributed by atoms with E-state index in [1.807, 2.05) is 17.5 Å². The molecular formula is C29H20Cl2N2O3S. The molecule has 3 aromatic carbocycles. The number of anilines is 1. The molecule has 0 radical (unpaired) electrons. The number of ketones is 1. The summed E-state index contributed by atoms with van der Waals surface area (Å²) in [5, 5.41) is 8.12. The zero-order valence-electron chi connectivity index (χ0n) is 19.3. The topological polar surface area (TPSA) is 75.3 Å². The van der Waals surface area contributed by atoms with Gasteiger partial charge in [-0.25, -0.2) is 0 Å². The number of hydrogen-bond acceptors (Lipinski definition) is 4. The average Bonchev–Trinajstić information content (AvgIpc) is 3.43. The lowest BCUT2D eigenvalue weighted by molar-refractivity contribution is -0.113. The molecule has 8 heteroatoms. The molecular weight excluding hydrogens is 527 g/mol. The second-order valence-electron chi connectivity index (χ2n) is 7.79. The van der Waals surface area contributed by atoms with Gasteiger partial charge in [-0.3, -0.25) is 14.4 Å². The lowest BCUT2D eigenvalue weighted by Gasteiger charge is -2.12. The van der Waals surface area contributed by atoms with Crippen molar-refractivity contribution < 1.29 is 14.4 Å². The third kappa shape index (κ3) is 7.27. The highest BCUT2D eigenvalue weighted by Crippen LogP contribution is 2.23. The first-order chi connectivity index (χ1) is 17.9. The van der Waals surface area contributed by atoms with Gasteiger partial charge in [0, 0.05) is 31.7 Å². The van der Waals surface area contributed by atoms with Gasteiger partial charge in [0.25, 0.3) is 11.8 Å². The monoisotopic (exact) mass is 546 g/mol. The Labute approximate surface area is 228 Å². The van der Waals surface area contributed by atoms with Gasteiger partial charge in [0.15, 0.2) is 5.78 Å². The Hall–Kier alpha value is -3.97. The van der Waals surface area contributed by atoms with Gasteiger partial charge in [-0.2, -0.15) is 0 Å². The number of carbonyl (C=O) groups is 3. The molecule has 184 valence electrons. The van der Waals surface area contributed by atoms with Gasteiger partial charge in [0.2, 0.25) is 0 Å². The van der Waals surface area contributed by atoms with Gasteiger partial charge in [-0.15, -0.1) is 11.3 Å². The molecule has 0 fully saturated rings. The first-order valence-electron chi connectivity index (χ1n) is 11.1. The maximum atomic E-state index is 13.2. The van der Waals surface area contributed by atoms with E-state index in [2.05, 4.69) is 10.6 Å². The minimum absolute atomic E-state index is 0.0166. The molecule has 0 aliphatic heterocycles. The molecule has 0 saturated heterocycles. The van der Waals surface area contributed by atoms with Crippen LogP contribution in [-0.2, 0) is 4.79 Å². The first-order valence-corrected chi connectivity index (χ1v) is 12.7. The molecule has 37 heavy (non-hydrogen) atoms. The summed E-state index contributed by atoms with van der Waals surface area (Å²) in [6.07, 6.45) is 4.74. The first kappa shape index (κ1) is 26.1. The number of nitrogens with one attached hydrogen (secondary N) is 2. The molecule has 0 spiro atoms. The molecule has 4 rings (SSSR count). The Balaban J connectivity index is 1.53. The molecule has 0 bridgehead atoms. The van der Waals surface area contributed by atoms with Gasteiger partial charge in [0.1, 0.15) is 5.70 Å². The molecule has 0 unspecified atom stereocenters. The number of hydrogen-bond donors (Lipinski definition) is 2. The van der Waals surface area contributed by atoms with Crippen molar-refractivity contribution in [2.45, 2.75) is 0 Å². The Bertz CT molecular complexity index is 1480. The average molecular weight is 547 g/mol. The van der Waals surface area contributed by atoms with E-state index in [9.17, 15) is 14.4 Å². The molecule has 5 nitrogen and oxygen atoms in total. The largest absolute Gasteiger partial charge is 0.321 e. The Morgan fingerprint density at radius 3 is 2.24 bits per heavy atom. The fourth-order valence-electron chi connectivity index (χ4n) is 3.27. The highest BCUT2D eigenvalue weighted by Gasteiger charge is 2.16. The summed E-state index contributed by atoms with van der Waals surface area (Å²) in [4.78, 5) is 39.4. The Kier molecular flexibility index (Phi) is 8.69. The SMILES string of the molecule is O=C(Nc1ccc(C(=O)/C=C/c2cccs2)cc1)/C(=C/c1ccc(Cl)cc1Cl)NC(=O)c1ccccc1. The van der Waals surface area contributed by atoms with E-state index >= 15 is 0 Å². The smallest absolute Gasteiger partial charge is 0.272 e. The molecule has 2 amide bonds. The van der Waals surface area contributed by atoms with Crippen LogP contribution < -0.4 is 10.6 Å². The Morgan fingerprint density at radius 1 is 0.811 bits per heavy atom. The van der Waals surface area contributed by atoms with Crippen LogP contribution in [0.15, 0.2) is 102 Å². The van der Waals surface area contributed by atoms with Crippen molar-refractivity contribution in [3.63, 3.8) is 0 Å².